The molecule has 0 saturated heterocycles. The normalized spacial score (nSPS) is 12.0. The fourth-order valence-corrected chi connectivity index (χ4v) is 2.85. The van der Waals surface area contributed by atoms with E-state index < -0.39 is 17.5 Å². The van der Waals surface area contributed by atoms with Gasteiger partial charge in [-0.1, -0.05) is 18.2 Å². The summed E-state index contributed by atoms with van der Waals surface area (Å²) in [6.45, 7) is 0. The van der Waals surface area contributed by atoms with Crippen molar-refractivity contribution in [1.29, 1.82) is 0 Å². The Kier molecular flexibility index (Phi) is 6.73. The van der Waals surface area contributed by atoms with Crippen LogP contribution in [-0.2, 0) is 6.42 Å². The van der Waals surface area contributed by atoms with Gasteiger partial charge in [0.05, 0.1) is 0 Å². The van der Waals surface area contributed by atoms with Crippen LogP contribution in [0, 0.1) is 17.5 Å². The molecule has 2 rings (SSSR count). The predicted octanol–water partition coefficient (Wildman–Crippen LogP) is 4.20. The number of amides is 1. The van der Waals surface area contributed by atoms with Crippen molar-refractivity contribution >= 4 is 17.7 Å². The summed E-state index contributed by atoms with van der Waals surface area (Å²) in [7, 11) is 0. The SMILES string of the molecule is CSCC[C@@H](Cc1cc(F)c(F)cc1F)NC(=O)c1ccccc1. The van der Waals surface area contributed by atoms with Crippen molar-refractivity contribution in [3.63, 3.8) is 0 Å². The average Bonchev–Trinajstić information content (AvgIpc) is 2.58. The molecule has 1 atom stereocenters. The first-order chi connectivity index (χ1) is 11.5. The monoisotopic (exact) mass is 353 g/mol. The fourth-order valence-electron chi connectivity index (χ4n) is 2.33. The number of carbonyl (C=O) groups excluding carboxylic acids is 1. The van der Waals surface area contributed by atoms with Crippen molar-refractivity contribution in [2.24, 2.45) is 0 Å². The summed E-state index contributed by atoms with van der Waals surface area (Å²) >= 11 is 1.59. The molecular formula is C18H18F3NOS. The topological polar surface area (TPSA) is 29.1 Å². The van der Waals surface area contributed by atoms with Crippen molar-refractivity contribution in [1.82, 2.24) is 5.32 Å². The number of carbonyl (C=O) groups is 1. The summed E-state index contributed by atoms with van der Waals surface area (Å²) in [6, 6.07) is 9.68. The largest absolute Gasteiger partial charge is 0.349 e. The van der Waals surface area contributed by atoms with E-state index in [1.54, 1.807) is 42.1 Å². The Balaban J connectivity index is 2.13. The maximum Gasteiger partial charge on any atom is 0.251 e. The number of rotatable bonds is 7. The molecule has 1 amide bonds. The van der Waals surface area contributed by atoms with Gasteiger partial charge in [0.15, 0.2) is 11.6 Å². The lowest BCUT2D eigenvalue weighted by Gasteiger charge is -2.19. The van der Waals surface area contributed by atoms with Crippen LogP contribution in [0.25, 0.3) is 0 Å². The lowest BCUT2D eigenvalue weighted by molar-refractivity contribution is 0.0936. The minimum absolute atomic E-state index is 0.0494. The van der Waals surface area contributed by atoms with Crippen LogP contribution in [0.5, 0.6) is 0 Å². The molecule has 0 saturated carbocycles. The second-order valence-corrected chi connectivity index (χ2v) is 6.37. The molecule has 0 spiro atoms. The van der Waals surface area contributed by atoms with E-state index in [1.165, 1.54) is 0 Å². The molecule has 0 aromatic heterocycles. The van der Waals surface area contributed by atoms with Gasteiger partial charge in [-0.25, -0.2) is 13.2 Å². The summed E-state index contributed by atoms with van der Waals surface area (Å²) in [5.74, 6) is -2.64. The molecule has 128 valence electrons. The molecule has 2 aromatic rings. The van der Waals surface area contributed by atoms with Gasteiger partial charge in [-0.3, -0.25) is 4.79 Å². The van der Waals surface area contributed by atoms with E-state index in [-0.39, 0.29) is 23.9 Å². The van der Waals surface area contributed by atoms with Crippen molar-refractivity contribution in [3.8, 4) is 0 Å². The van der Waals surface area contributed by atoms with Crippen molar-refractivity contribution in [3.05, 3.63) is 71.0 Å². The van der Waals surface area contributed by atoms with E-state index in [2.05, 4.69) is 5.32 Å². The number of thioether (sulfide) groups is 1. The number of benzene rings is 2. The van der Waals surface area contributed by atoms with Crippen molar-refractivity contribution in [2.45, 2.75) is 18.9 Å². The summed E-state index contributed by atoms with van der Waals surface area (Å²) in [5, 5.41) is 2.84. The molecule has 2 nitrogen and oxygen atoms in total. The molecule has 0 aliphatic carbocycles. The number of halogens is 3. The summed E-state index contributed by atoms with van der Waals surface area (Å²) < 4.78 is 40.2. The molecule has 0 aliphatic rings. The van der Waals surface area contributed by atoms with Gasteiger partial charge in [-0.15, -0.1) is 0 Å². The third-order valence-electron chi connectivity index (χ3n) is 3.60. The van der Waals surface area contributed by atoms with Crippen LogP contribution in [0.4, 0.5) is 13.2 Å². The molecule has 2 aromatic carbocycles. The number of nitrogens with one attached hydrogen (secondary N) is 1. The molecule has 24 heavy (non-hydrogen) atoms. The van der Waals surface area contributed by atoms with Crippen LogP contribution < -0.4 is 5.32 Å². The minimum Gasteiger partial charge on any atom is -0.349 e. The molecule has 0 aliphatic heterocycles. The van der Waals surface area contributed by atoms with E-state index in [1.807, 2.05) is 6.26 Å². The number of hydrogen-bond acceptors (Lipinski definition) is 2. The Morgan fingerprint density at radius 3 is 2.42 bits per heavy atom. The van der Waals surface area contributed by atoms with Crippen LogP contribution in [0.3, 0.4) is 0 Å². The summed E-state index contributed by atoms with van der Waals surface area (Å²) in [6.07, 6.45) is 2.62. The molecule has 0 unspecified atom stereocenters. The van der Waals surface area contributed by atoms with E-state index in [0.29, 0.717) is 18.1 Å². The minimum atomic E-state index is -1.22. The van der Waals surface area contributed by atoms with Crippen LogP contribution >= 0.6 is 11.8 Å². The van der Waals surface area contributed by atoms with Crippen molar-refractivity contribution < 1.29 is 18.0 Å². The van der Waals surface area contributed by atoms with E-state index in [9.17, 15) is 18.0 Å². The molecule has 1 N–H and O–H groups in total. The van der Waals surface area contributed by atoms with Gasteiger partial charge in [0, 0.05) is 17.7 Å². The predicted molar refractivity (Wildman–Crippen MR) is 90.7 cm³/mol. The Labute approximate surface area is 143 Å². The molecule has 0 radical (unpaired) electrons. The Morgan fingerprint density at radius 2 is 1.75 bits per heavy atom. The quantitative estimate of drug-likeness (QED) is 0.756. The lowest BCUT2D eigenvalue weighted by Crippen LogP contribution is -2.37. The lowest BCUT2D eigenvalue weighted by atomic mass is 10.0. The Hall–Kier alpha value is -1.95. The van der Waals surface area contributed by atoms with E-state index >= 15 is 0 Å². The molecule has 0 fully saturated rings. The van der Waals surface area contributed by atoms with Gasteiger partial charge in [-0.05, 0) is 48.6 Å². The first-order valence-electron chi connectivity index (χ1n) is 7.49. The van der Waals surface area contributed by atoms with Crippen LogP contribution in [-0.4, -0.2) is 24.0 Å². The third kappa shape index (κ3) is 5.03. The van der Waals surface area contributed by atoms with Crippen molar-refractivity contribution in [2.75, 3.05) is 12.0 Å². The first kappa shape index (κ1) is 18.4. The van der Waals surface area contributed by atoms with Gasteiger partial charge in [0.1, 0.15) is 5.82 Å². The molecule has 0 bridgehead atoms. The Morgan fingerprint density at radius 1 is 1.08 bits per heavy atom. The van der Waals surface area contributed by atoms with Crippen LogP contribution in [0.2, 0.25) is 0 Å². The average molecular weight is 353 g/mol. The zero-order valence-electron chi connectivity index (χ0n) is 13.2. The highest BCUT2D eigenvalue weighted by Gasteiger charge is 2.18. The maximum atomic E-state index is 13.8. The second-order valence-electron chi connectivity index (χ2n) is 5.38. The number of hydrogen-bond donors (Lipinski definition) is 1. The maximum absolute atomic E-state index is 13.8. The van der Waals surface area contributed by atoms with E-state index in [4.69, 9.17) is 0 Å². The Bertz CT molecular complexity index is 694. The summed E-state index contributed by atoms with van der Waals surface area (Å²) in [4.78, 5) is 12.3. The first-order valence-corrected chi connectivity index (χ1v) is 8.89. The molecule has 6 heteroatoms. The zero-order valence-corrected chi connectivity index (χ0v) is 14.0. The van der Waals surface area contributed by atoms with Gasteiger partial charge < -0.3 is 5.32 Å². The van der Waals surface area contributed by atoms with Crippen LogP contribution in [0.15, 0.2) is 42.5 Å². The second kappa shape index (κ2) is 8.78. The highest BCUT2D eigenvalue weighted by molar-refractivity contribution is 7.98. The molecular weight excluding hydrogens is 335 g/mol. The standard InChI is InChI=1S/C18H18F3NOS/c1-24-8-7-14(22-18(23)12-5-3-2-4-6-12)9-13-10-16(20)17(21)11-15(13)19/h2-6,10-11,14H,7-9H2,1H3,(H,22,23)/t14-/m0/s1. The highest BCUT2D eigenvalue weighted by Crippen LogP contribution is 2.17. The molecule has 0 heterocycles. The third-order valence-corrected chi connectivity index (χ3v) is 4.24. The van der Waals surface area contributed by atoms with Crippen LogP contribution in [0.1, 0.15) is 22.3 Å². The summed E-state index contributed by atoms with van der Waals surface area (Å²) in [5.41, 5.74) is 0.547. The van der Waals surface area contributed by atoms with Gasteiger partial charge in [0.25, 0.3) is 5.91 Å². The van der Waals surface area contributed by atoms with E-state index in [0.717, 1.165) is 11.8 Å². The van der Waals surface area contributed by atoms with Gasteiger partial charge in [-0.2, -0.15) is 11.8 Å². The smallest absolute Gasteiger partial charge is 0.251 e. The van der Waals surface area contributed by atoms with Gasteiger partial charge >= 0.3 is 0 Å². The highest BCUT2D eigenvalue weighted by atomic mass is 32.2. The fraction of sp³-hybridized carbons (Fsp3) is 0.278. The zero-order chi connectivity index (χ0) is 17.5. The van der Waals surface area contributed by atoms with Gasteiger partial charge in [0.2, 0.25) is 0 Å².